The van der Waals surface area contributed by atoms with E-state index in [9.17, 15) is 9.59 Å². The van der Waals surface area contributed by atoms with E-state index in [1.165, 1.54) is 7.05 Å². The zero-order chi connectivity index (χ0) is 12.3. The molecule has 0 spiro atoms. The van der Waals surface area contributed by atoms with Crippen LogP contribution in [0.15, 0.2) is 0 Å². The second-order valence-corrected chi connectivity index (χ2v) is 3.13. The number of hydrogen-bond acceptors (Lipinski definition) is 3. The molecule has 1 aliphatic heterocycles. The molecule has 1 rings (SSSR count). The van der Waals surface area contributed by atoms with Gasteiger partial charge in [0.2, 0.25) is 5.91 Å². The minimum absolute atomic E-state index is 0.0175. The van der Waals surface area contributed by atoms with Crippen LogP contribution in [0.4, 0.5) is 0 Å². The SMILES string of the molecule is CC.CC(C=O)CC1CCNC1=O.CN. The molecule has 4 nitrogen and oxygen atoms in total. The van der Waals surface area contributed by atoms with Gasteiger partial charge in [0, 0.05) is 18.4 Å². The van der Waals surface area contributed by atoms with Crippen LogP contribution < -0.4 is 11.1 Å². The lowest BCUT2D eigenvalue weighted by molar-refractivity contribution is -0.123. The largest absolute Gasteiger partial charge is 0.356 e. The van der Waals surface area contributed by atoms with Crippen molar-refractivity contribution >= 4 is 12.2 Å². The Hall–Kier alpha value is -0.900. The molecule has 1 amide bonds. The van der Waals surface area contributed by atoms with Crippen LogP contribution in [-0.4, -0.2) is 25.8 Å². The third kappa shape index (κ3) is 7.08. The Morgan fingerprint density at radius 1 is 1.53 bits per heavy atom. The van der Waals surface area contributed by atoms with E-state index >= 15 is 0 Å². The highest BCUT2D eigenvalue weighted by Crippen LogP contribution is 2.17. The van der Waals surface area contributed by atoms with Crippen LogP contribution in [0.5, 0.6) is 0 Å². The molecule has 1 heterocycles. The summed E-state index contributed by atoms with van der Waals surface area (Å²) in [5.74, 6) is 0.206. The third-order valence-electron chi connectivity index (χ3n) is 2.05. The summed E-state index contributed by atoms with van der Waals surface area (Å²) in [6, 6.07) is 0. The summed E-state index contributed by atoms with van der Waals surface area (Å²) in [7, 11) is 1.50. The molecule has 90 valence electrons. The number of amides is 1. The zero-order valence-corrected chi connectivity index (χ0v) is 10.2. The average Bonchev–Trinajstić information content (AvgIpc) is 2.70. The highest BCUT2D eigenvalue weighted by atomic mass is 16.2. The molecule has 15 heavy (non-hydrogen) atoms. The van der Waals surface area contributed by atoms with Gasteiger partial charge in [-0.15, -0.1) is 0 Å². The maximum atomic E-state index is 11.0. The summed E-state index contributed by atoms with van der Waals surface area (Å²) in [6.07, 6.45) is 2.50. The fraction of sp³-hybridized carbons (Fsp3) is 0.818. The van der Waals surface area contributed by atoms with Crippen molar-refractivity contribution in [3.63, 3.8) is 0 Å². The van der Waals surface area contributed by atoms with Crippen LogP contribution in [0.25, 0.3) is 0 Å². The fourth-order valence-corrected chi connectivity index (χ4v) is 1.37. The van der Waals surface area contributed by atoms with Crippen molar-refractivity contribution in [2.45, 2.75) is 33.6 Å². The lowest BCUT2D eigenvalue weighted by Gasteiger charge is -2.07. The highest BCUT2D eigenvalue weighted by molar-refractivity contribution is 5.80. The lowest BCUT2D eigenvalue weighted by atomic mass is 9.96. The Morgan fingerprint density at radius 3 is 2.40 bits per heavy atom. The topological polar surface area (TPSA) is 72.2 Å². The van der Waals surface area contributed by atoms with Gasteiger partial charge in [0.25, 0.3) is 0 Å². The molecular weight excluding hydrogens is 192 g/mol. The minimum atomic E-state index is 0.0175. The van der Waals surface area contributed by atoms with Crippen LogP contribution >= 0.6 is 0 Å². The molecule has 4 heteroatoms. The summed E-state index contributed by atoms with van der Waals surface area (Å²) < 4.78 is 0. The van der Waals surface area contributed by atoms with Gasteiger partial charge in [-0.1, -0.05) is 20.8 Å². The van der Waals surface area contributed by atoms with Gasteiger partial charge >= 0.3 is 0 Å². The van der Waals surface area contributed by atoms with Crippen molar-refractivity contribution < 1.29 is 9.59 Å². The van der Waals surface area contributed by atoms with Crippen LogP contribution in [0.3, 0.4) is 0 Å². The Kier molecular flexibility index (Phi) is 12.3. The van der Waals surface area contributed by atoms with Gasteiger partial charge in [0.15, 0.2) is 0 Å². The highest BCUT2D eigenvalue weighted by Gasteiger charge is 2.25. The molecule has 0 bridgehead atoms. The predicted molar refractivity (Wildman–Crippen MR) is 62.4 cm³/mol. The molecule has 3 N–H and O–H groups in total. The summed E-state index contributed by atoms with van der Waals surface area (Å²) in [6.45, 7) is 6.62. The molecule has 2 unspecified atom stereocenters. The molecule has 1 aliphatic rings. The quantitative estimate of drug-likeness (QED) is 0.690. The standard InChI is InChI=1S/C8H13NO2.C2H6.CH5N/c1-6(5-10)4-7-2-3-9-8(7)11;2*1-2/h5-7H,2-4H2,1H3,(H,9,11);1-2H3;2H2,1H3. The van der Waals surface area contributed by atoms with Crippen molar-refractivity contribution in [3.05, 3.63) is 0 Å². The minimum Gasteiger partial charge on any atom is -0.356 e. The van der Waals surface area contributed by atoms with Crippen LogP contribution in [-0.2, 0) is 9.59 Å². The first-order valence-corrected chi connectivity index (χ1v) is 5.54. The molecule has 0 saturated carbocycles. The second kappa shape index (κ2) is 11.2. The first-order chi connectivity index (χ1) is 7.24. The van der Waals surface area contributed by atoms with Crippen LogP contribution in [0.1, 0.15) is 33.6 Å². The molecule has 1 fully saturated rings. The number of aldehydes is 1. The van der Waals surface area contributed by atoms with Gasteiger partial charge in [-0.05, 0) is 19.9 Å². The number of carbonyl (C=O) groups excluding carboxylic acids is 2. The van der Waals surface area contributed by atoms with Gasteiger partial charge in [0.1, 0.15) is 6.29 Å². The van der Waals surface area contributed by atoms with E-state index in [1.54, 1.807) is 0 Å². The Balaban J connectivity index is 0. The molecule has 0 aromatic rings. The molecule has 0 aromatic heterocycles. The van der Waals surface area contributed by atoms with E-state index in [0.717, 1.165) is 19.3 Å². The van der Waals surface area contributed by atoms with Gasteiger partial charge < -0.3 is 15.8 Å². The van der Waals surface area contributed by atoms with E-state index in [4.69, 9.17) is 0 Å². The van der Waals surface area contributed by atoms with Crippen LogP contribution in [0, 0.1) is 11.8 Å². The number of nitrogens with two attached hydrogens (primary N) is 1. The second-order valence-electron chi connectivity index (χ2n) is 3.13. The van der Waals surface area contributed by atoms with Gasteiger partial charge in [-0.25, -0.2) is 0 Å². The monoisotopic (exact) mass is 216 g/mol. The van der Waals surface area contributed by atoms with Gasteiger partial charge in [-0.2, -0.15) is 0 Å². The molecule has 0 aromatic carbocycles. The number of carbonyl (C=O) groups is 2. The first kappa shape index (κ1) is 16.5. The summed E-state index contributed by atoms with van der Waals surface area (Å²) in [4.78, 5) is 21.3. The molecule has 0 aliphatic carbocycles. The van der Waals surface area contributed by atoms with Crippen molar-refractivity contribution in [2.24, 2.45) is 17.6 Å². The third-order valence-corrected chi connectivity index (χ3v) is 2.05. The Morgan fingerprint density at radius 2 is 2.07 bits per heavy atom. The maximum Gasteiger partial charge on any atom is 0.223 e. The van der Waals surface area contributed by atoms with E-state index in [-0.39, 0.29) is 17.7 Å². The van der Waals surface area contributed by atoms with E-state index in [0.29, 0.717) is 6.42 Å². The van der Waals surface area contributed by atoms with Gasteiger partial charge in [-0.3, -0.25) is 4.79 Å². The number of hydrogen-bond donors (Lipinski definition) is 2. The average molecular weight is 216 g/mol. The number of rotatable bonds is 3. The van der Waals surface area contributed by atoms with Crippen molar-refractivity contribution in [1.82, 2.24) is 5.32 Å². The van der Waals surface area contributed by atoms with Crippen molar-refractivity contribution in [2.75, 3.05) is 13.6 Å². The zero-order valence-electron chi connectivity index (χ0n) is 10.2. The van der Waals surface area contributed by atoms with E-state index in [2.05, 4.69) is 11.1 Å². The smallest absolute Gasteiger partial charge is 0.223 e. The first-order valence-electron chi connectivity index (χ1n) is 5.54. The van der Waals surface area contributed by atoms with E-state index in [1.807, 2.05) is 20.8 Å². The van der Waals surface area contributed by atoms with Crippen LogP contribution in [0.2, 0.25) is 0 Å². The Bertz CT molecular complexity index is 172. The number of nitrogens with one attached hydrogen (secondary N) is 1. The van der Waals surface area contributed by atoms with Gasteiger partial charge in [0.05, 0.1) is 0 Å². The maximum absolute atomic E-state index is 11.0. The molecule has 1 saturated heterocycles. The molecular formula is C11H24N2O2. The summed E-state index contributed by atoms with van der Waals surface area (Å²) in [5.41, 5.74) is 4.50. The summed E-state index contributed by atoms with van der Waals surface area (Å²) in [5, 5.41) is 2.74. The molecule has 0 radical (unpaired) electrons. The summed E-state index contributed by atoms with van der Waals surface area (Å²) >= 11 is 0. The Labute approximate surface area is 92.6 Å². The van der Waals surface area contributed by atoms with Crippen molar-refractivity contribution in [3.8, 4) is 0 Å². The van der Waals surface area contributed by atoms with Crippen molar-refractivity contribution in [1.29, 1.82) is 0 Å². The van der Waals surface area contributed by atoms with E-state index < -0.39 is 0 Å². The molecule has 2 atom stereocenters. The fourth-order valence-electron chi connectivity index (χ4n) is 1.37. The predicted octanol–water partition coefficient (Wildman–Crippen LogP) is 0.949. The lowest BCUT2D eigenvalue weighted by Crippen LogP contribution is -2.20. The normalized spacial score (nSPS) is 20.1.